The van der Waals surface area contributed by atoms with E-state index in [0.717, 1.165) is 4.90 Å². The third-order valence-corrected chi connectivity index (χ3v) is 4.70. The van der Waals surface area contributed by atoms with Gasteiger partial charge in [-0.3, -0.25) is 14.9 Å². The van der Waals surface area contributed by atoms with Crippen molar-refractivity contribution in [3.63, 3.8) is 0 Å². The summed E-state index contributed by atoms with van der Waals surface area (Å²) in [7, 11) is 0. The van der Waals surface area contributed by atoms with E-state index in [1.54, 1.807) is 12.1 Å². The molecule has 1 N–H and O–H groups in total. The Bertz CT molecular complexity index is 847. The maximum absolute atomic E-state index is 12.3. The lowest BCUT2D eigenvalue weighted by atomic mass is 10.1. The van der Waals surface area contributed by atoms with Gasteiger partial charge in [-0.1, -0.05) is 39.8 Å². The fourth-order valence-electron chi connectivity index (χ4n) is 2.13. The zero-order valence-corrected chi connectivity index (χ0v) is 13.3. The van der Waals surface area contributed by atoms with Crippen LogP contribution in [0.25, 0.3) is 6.08 Å². The van der Waals surface area contributed by atoms with Crippen LogP contribution in [0.4, 0.5) is 5.69 Å². The molecule has 0 bridgehead atoms. The zero-order valence-electron chi connectivity index (χ0n) is 10.9. The number of ketones is 1. The summed E-state index contributed by atoms with van der Waals surface area (Å²) in [5.74, 6) is -0.604. The maximum atomic E-state index is 12.3. The number of halogens is 1. The van der Waals surface area contributed by atoms with Gasteiger partial charge in [0.15, 0.2) is 0 Å². The molecule has 2 aromatic rings. The molecule has 0 amide bonds. The molecule has 0 saturated heterocycles. The molecule has 0 spiro atoms. The van der Waals surface area contributed by atoms with Gasteiger partial charge in [0, 0.05) is 26.6 Å². The van der Waals surface area contributed by atoms with Gasteiger partial charge in [-0.25, -0.2) is 0 Å². The molecule has 0 aliphatic carbocycles. The lowest BCUT2D eigenvalue weighted by Gasteiger charge is -2.03. The highest BCUT2D eigenvalue weighted by Crippen LogP contribution is 2.42. The van der Waals surface area contributed by atoms with E-state index in [0.29, 0.717) is 14.9 Å². The molecule has 1 heterocycles. The van der Waals surface area contributed by atoms with Crippen LogP contribution in [0.3, 0.4) is 0 Å². The Balaban J connectivity index is 2.08. The number of nitrogens with zero attached hydrogens (tertiary/aromatic N) is 1. The number of fused-ring (bicyclic) bond motifs is 1. The number of rotatable bonds is 2. The van der Waals surface area contributed by atoms with E-state index in [9.17, 15) is 20.0 Å². The van der Waals surface area contributed by atoms with E-state index in [2.05, 4.69) is 15.9 Å². The standard InChI is InChI=1S/C15H8BrNO4S/c16-9-5-8(14(18)11(7-9)17(20)21)6-13-15(19)10-3-1-2-4-12(10)22-13/h1-7,18H. The molecular weight excluding hydrogens is 370 g/mol. The highest BCUT2D eigenvalue weighted by molar-refractivity contribution is 9.10. The van der Waals surface area contributed by atoms with Crippen molar-refractivity contribution in [2.75, 3.05) is 0 Å². The third-order valence-electron chi connectivity index (χ3n) is 3.14. The first-order valence-corrected chi connectivity index (χ1v) is 7.78. The van der Waals surface area contributed by atoms with Gasteiger partial charge in [0.25, 0.3) is 0 Å². The van der Waals surface area contributed by atoms with E-state index in [-0.39, 0.29) is 11.3 Å². The van der Waals surface area contributed by atoms with Crippen LogP contribution in [-0.4, -0.2) is 15.8 Å². The quantitative estimate of drug-likeness (QED) is 0.476. The summed E-state index contributed by atoms with van der Waals surface area (Å²) in [5, 5.41) is 21.0. The molecule has 1 aliphatic heterocycles. The number of nitro benzene ring substituents is 1. The topological polar surface area (TPSA) is 80.4 Å². The molecule has 0 saturated carbocycles. The Morgan fingerprint density at radius 2 is 2.00 bits per heavy atom. The number of hydrogen-bond acceptors (Lipinski definition) is 5. The summed E-state index contributed by atoms with van der Waals surface area (Å²) in [5.41, 5.74) is 0.418. The minimum Gasteiger partial charge on any atom is -0.502 e. The number of allylic oxidation sites excluding steroid dienone is 1. The summed E-state index contributed by atoms with van der Waals surface area (Å²) >= 11 is 4.45. The molecule has 110 valence electrons. The van der Waals surface area contributed by atoms with Crippen molar-refractivity contribution in [1.29, 1.82) is 0 Å². The van der Waals surface area contributed by atoms with E-state index in [4.69, 9.17) is 0 Å². The normalized spacial score (nSPS) is 15.1. The van der Waals surface area contributed by atoms with Crippen LogP contribution in [0.5, 0.6) is 5.75 Å². The van der Waals surface area contributed by atoms with Crippen molar-refractivity contribution in [3.8, 4) is 5.75 Å². The monoisotopic (exact) mass is 377 g/mol. The van der Waals surface area contributed by atoms with Gasteiger partial charge in [-0.15, -0.1) is 0 Å². The summed E-state index contributed by atoms with van der Waals surface area (Å²) < 4.78 is 0.455. The minimum absolute atomic E-state index is 0.150. The predicted molar refractivity (Wildman–Crippen MR) is 87.1 cm³/mol. The van der Waals surface area contributed by atoms with Gasteiger partial charge in [-0.2, -0.15) is 0 Å². The number of carbonyl (C=O) groups is 1. The summed E-state index contributed by atoms with van der Waals surface area (Å²) in [6, 6.07) is 9.93. The molecule has 7 heteroatoms. The number of carbonyl (C=O) groups excluding carboxylic acids is 1. The van der Waals surface area contributed by atoms with Gasteiger partial charge in [0.05, 0.1) is 9.83 Å². The lowest BCUT2D eigenvalue weighted by molar-refractivity contribution is -0.385. The average Bonchev–Trinajstić information content (AvgIpc) is 2.79. The first kappa shape index (κ1) is 14.8. The van der Waals surface area contributed by atoms with Crippen molar-refractivity contribution < 1.29 is 14.8 Å². The van der Waals surface area contributed by atoms with Crippen molar-refractivity contribution in [3.05, 3.63) is 67.0 Å². The van der Waals surface area contributed by atoms with Crippen LogP contribution >= 0.6 is 27.7 Å². The van der Waals surface area contributed by atoms with Crippen molar-refractivity contribution in [1.82, 2.24) is 0 Å². The highest BCUT2D eigenvalue weighted by atomic mass is 79.9. The smallest absolute Gasteiger partial charge is 0.312 e. The second-order valence-electron chi connectivity index (χ2n) is 4.56. The van der Waals surface area contributed by atoms with E-state index in [1.165, 1.54) is 30.0 Å². The molecule has 0 atom stereocenters. The molecule has 2 aromatic carbocycles. The van der Waals surface area contributed by atoms with E-state index in [1.807, 2.05) is 12.1 Å². The third kappa shape index (κ3) is 2.53. The zero-order chi connectivity index (χ0) is 15.9. The van der Waals surface area contributed by atoms with Gasteiger partial charge < -0.3 is 5.11 Å². The Morgan fingerprint density at radius 3 is 2.68 bits per heavy atom. The number of nitro groups is 1. The largest absolute Gasteiger partial charge is 0.502 e. The minimum atomic E-state index is -0.666. The van der Waals surface area contributed by atoms with Crippen LogP contribution in [-0.2, 0) is 0 Å². The van der Waals surface area contributed by atoms with Crippen LogP contribution < -0.4 is 0 Å². The lowest BCUT2D eigenvalue weighted by Crippen LogP contribution is -1.95. The average molecular weight is 378 g/mol. The molecule has 0 fully saturated rings. The van der Waals surface area contributed by atoms with Crippen LogP contribution in [0.1, 0.15) is 15.9 Å². The number of phenolic OH excluding ortho intramolecular Hbond substituents is 1. The molecule has 0 radical (unpaired) electrons. The van der Waals surface area contributed by atoms with Crippen molar-refractivity contribution >= 4 is 45.2 Å². The molecule has 22 heavy (non-hydrogen) atoms. The number of hydrogen-bond donors (Lipinski definition) is 1. The highest BCUT2D eigenvalue weighted by Gasteiger charge is 2.26. The van der Waals surface area contributed by atoms with Gasteiger partial charge in [0.2, 0.25) is 11.5 Å². The Kier molecular flexibility index (Phi) is 3.76. The van der Waals surface area contributed by atoms with E-state index < -0.39 is 16.4 Å². The first-order chi connectivity index (χ1) is 10.5. The van der Waals surface area contributed by atoms with Crippen LogP contribution in [0, 0.1) is 10.1 Å². The number of phenols is 1. The SMILES string of the molecule is O=C1C(=Cc2cc(Br)cc([N+](=O)[O-])c2O)Sc2ccccc21. The number of Topliss-reactive ketones (excluding diaryl/α,β-unsaturated/α-hetero) is 1. The Hall–Kier alpha value is -2.12. The molecule has 1 aliphatic rings. The second kappa shape index (κ2) is 5.58. The Morgan fingerprint density at radius 1 is 1.27 bits per heavy atom. The number of thioether (sulfide) groups is 1. The molecule has 3 rings (SSSR count). The fourth-order valence-corrected chi connectivity index (χ4v) is 3.64. The summed E-state index contributed by atoms with van der Waals surface area (Å²) in [6.45, 7) is 0. The summed E-state index contributed by atoms with van der Waals surface area (Å²) in [6.07, 6.45) is 1.47. The van der Waals surface area contributed by atoms with Crippen LogP contribution in [0.2, 0.25) is 0 Å². The molecule has 5 nitrogen and oxygen atoms in total. The van der Waals surface area contributed by atoms with Gasteiger partial charge in [0.1, 0.15) is 0 Å². The molecular formula is C15H8BrNO4S. The number of benzene rings is 2. The molecule has 0 aromatic heterocycles. The molecule has 0 unspecified atom stereocenters. The maximum Gasteiger partial charge on any atom is 0.312 e. The fraction of sp³-hybridized carbons (Fsp3) is 0. The second-order valence-corrected chi connectivity index (χ2v) is 6.56. The first-order valence-electron chi connectivity index (χ1n) is 6.17. The predicted octanol–water partition coefficient (Wildman–Crippen LogP) is 4.39. The Labute approximate surface area is 137 Å². The van der Waals surface area contributed by atoms with E-state index >= 15 is 0 Å². The summed E-state index contributed by atoms with van der Waals surface area (Å²) in [4.78, 5) is 23.8. The van der Waals surface area contributed by atoms with Crippen molar-refractivity contribution in [2.24, 2.45) is 0 Å². The number of aromatic hydroxyl groups is 1. The van der Waals surface area contributed by atoms with Crippen LogP contribution in [0.15, 0.2) is 50.7 Å². The van der Waals surface area contributed by atoms with Gasteiger partial charge in [-0.05, 0) is 24.3 Å². The van der Waals surface area contributed by atoms with Crippen molar-refractivity contribution in [2.45, 2.75) is 4.90 Å². The van der Waals surface area contributed by atoms with Gasteiger partial charge >= 0.3 is 5.69 Å².